The number of carbonyl (C=O) groups excluding carboxylic acids is 3. The van der Waals surface area contributed by atoms with E-state index in [9.17, 15) is 24.6 Å². The molecule has 0 aromatic carbocycles. The highest BCUT2D eigenvalue weighted by atomic mass is 19.1. The van der Waals surface area contributed by atoms with Crippen molar-refractivity contribution in [2.75, 3.05) is 6.61 Å². The fourth-order valence-electron chi connectivity index (χ4n) is 7.99. The van der Waals surface area contributed by atoms with Crippen LogP contribution in [-0.4, -0.2) is 51.7 Å². The van der Waals surface area contributed by atoms with Crippen LogP contribution in [0.1, 0.15) is 79.1 Å². The molecule has 0 aliphatic heterocycles. The van der Waals surface area contributed by atoms with Gasteiger partial charge in [-0.15, -0.1) is 0 Å². The van der Waals surface area contributed by atoms with E-state index < -0.39 is 58.4 Å². The Morgan fingerprint density at radius 3 is 2.63 bits per heavy atom. The quantitative estimate of drug-likeness (QED) is 0.413. The van der Waals surface area contributed by atoms with Gasteiger partial charge < -0.3 is 14.9 Å². The third-order valence-corrected chi connectivity index (χ3v) is 10.00. The molecular formula is C28H39FO6. The number of halogens is 1. The molecule has 4 aliphatic rings. The minimum absolute atomic E-state index is 0.0909. The molecule has 0 bridgehead atoms. The summed E-state index contributed by atoms with van der Waals surface area (Å²) >= 11 is 0. The summed E-state index contributed by atoms with van der Waals surface area (Å²) in [6, 6.07) is 0. The maximum Gasteiger partial charge on any atom is 0.306 e. The van der Waals surface area contributed by atoms with Gasteiger partial charge >= 0.3 is 5.97 Å². The number of aliphatic hydroxyl groups excluding tert-OH is 1. The van der Waals surface area contributed by atoms with E-state index in [4.69, 9.17) is 4.74 Å². The lowest BCUT2D eigenvalue weighted by Gasteiger charge is -2.62. The molecule has 0 heterocycles. The van der Waals surface area contributed by atoms with Gasteiger partial charge in [-0.05, 0) is 63.0 Å². The third-order valence-electron chi connectivity index (χ3n) is 10.00. The minimum atomic E-state index is -2.02. The highest BCUT2D eigenvalue weighted by Crippen LogP contribution is 2.70. The molecule has 3 fully saturated rings. The second-order valence-corrected chi connectivity index (χ2v) is 11.7. The second kappa shape index (κ2) is 8.91. The molecule has 2 N–H and O–H groups in total. The predicted octanol–water partition coefficient (Wildman–Crippen LogP) is 4.03. The van der Waals surface area contributed by atoms with Crippen LogP contribution in [0.25, 0.3) is 0 Å². The number of esters is 1. The number of Topliss-reactive ketones (excluding diaryl/α,β-unsaturated/α-hetero) is 1. The topological polar surface area (TPSA) is 101 Å². The normalized spacial score (nSPS) is 44.2. The summed E-state index contributed by atoms with van der Waals surface area (Å²) in [6.45, 7) is 6.81. The van der Waals surface area contributed by atoms with E-state index in [1.54, 1.807) is 26.8 Å². The van der Waals surface area contributed by atoms with Crippen molar-refractivity contribution in [1.82, 2.24) is 0 Å². The lowest BCUT2D eigenvalue weighted by atomic mass is 9.44. The summed E-state index contributed by atoms with van der Waals surface area (Å²) in [5.41, 5.74) is -5.34. The van der Waals surface area contributed by atoms with Crippen LogP contribution in [0.2, 0.25) is 0 Å². The number of hydrogen-bond donors (Lipinski definition) is 2. The van der Waals surface area contributed by atoms with E-state index in [-0.39, 0.29) is 24.5 Å². The molecule has 0 spiro atoms. The van der Waals surface area contributed by atoms with Gasteiger partial charge in [0.05, 0.1) is 6.10 Å². The molecule has 35 heavy (non-hydrogen) atoms. The minimum Gasteiger partial charge on any atom is -0.458 e. The first-order chi connectivity index (χ1) is 16.4. The number of alkyl halides is 1. The van der Waals surface area contributed by atoms with E-state index in [0.29, 0.717) is 31.3 Å². The van der Waals surface area contributed by atoms with Crippen LogP contribution < -0.4 is 0 Å². The van der Waals surface area contributed by atoms with E-state index in [0.717, 1.165) is 12.8 Å². The number of fused-ring (bicyclic) bond motifs is 5. The SMILES string of the molecule is CCCCCC(=O)OCC(=O)C1(O)C(C)CC2C3CCC4=CC(=O)C=CC4(C)C3(F)C(O)CC21C. The average Bonchev–Trinajstić information content (AvgIpc) is 3.00. The molecule has 3 saturated carbocycles. The zero-order valence-corrected chi connectivity index (χ0v) is 21.3. The number of rotatable bonds is 7. The number of aliphatic hydroxyl groups is 2. The monoisotopic (exact) mass is 490 g/mol. The Bertz CT molecular complexity index is 972. The molecule has 8 atom stereocenters. The first-order valence-electron chi connectivity index (χ1n) is 13.1. The summed E-state index contributed by atoms with van der Waals surface area (Å²) in [6.07, 6.45) is 7.10. The van der Waals surface area contributed by atoms with Crippen molar-refractivity contribution in [2.45, 2.75) is 96.4 Å². The Balaban J connectivity index is 1.61. The fraction of sp³-hybridized carbons (Fsp3) is 0.750. The molecule has 194 valence electrons. The molecule has 6 nitrogen and oxygen atoms in total. The fourth-order valence-corrected chi connectivity index (χ4v) is 7.99. The van der Waals surface area contributed by atoms with E-state index in [2.05, 4.69) is 0 Å². The Morgan fingerprint density at radius 2 is 1.94 bits per heavy atom. The summed E-state index contributed by atoms with van der Waals surface area (Å²) in [5, 5.41) is 23.2. The van der Waals surface area contributed by atoms with Gasteiger partial charge in [-0.25, -0.2) is 4.39 Å². The Morgan fingerprint density at radius 1 is 1.23 bits per heavy atom. The highest BCUT2D eigenvalue weighted by Gasteiger charge is 2.75. The van der Waals surface area contributed by atoms with Crippen LogP contribution in [0.4, 0.5) is 4.39 Å². The van der Waals surface area contributed by atoms with Crippen LogP contribution in [0, 0.1) is 28.6 Å². The Hall–Kier alpha value is -1.86. The van der Waals surface area contributed by atoms with E-state index >= 15 is 4.39 Å². The first-order valence-corrected chi connectivity index (χ1v) is 13.1. The van der Waals surface area contributed by atoms with Gasteiger partial charge in [0.1, 0.15) is 5.60 Å². The third kappa shape index (κ3) is 3.59. The van der Waals surface area contributed by atoms with Crippen LogP contribution in [0.5, 0.6) is 0 Å². The summed E-state index contributed by atoms with van der Waals surface area (Å²) in [7, 11) is 0. The van der Waals surface area contributed by atoms with Crippen molar-refractivity contribution in [3.63, 3.8) is 0 Å². The van der Waals surface area contributed by atoms with Crippen molar-refractivity contribution in [3.05, 3.63) is 23.8 Å². The zero-order chi connectivity index (χ0) is 25.8. The van der Waals surface area contributed by atoms with Crippen molar-refractivity contribution < 1.29 is 33.7 Å². The average molecular weight is 491 g/mol. The highest BCUT2D eigenvalue weighted by molar-refractivity contribution is 6.01. The van der Waals surface area contributed by atoms with Crippen LogP contribution in [0.3, 0.4) is 0 Å². The Labute approximate surface area is 207 Å². The molecule has 0 radical (unpaired) electrons. The molecule has 0 aromatic rings. The number of ketones is 2. The van der Waals surface area contributed by atoms with Crippen LogP contribution in [-0.2, 0) is 19.1 Å². The lowest BCUT2D eigenvalue weighted by Crippen LogP contribution is -2.69. The maximum absolute atomic E-state index is 17.2. The second-order valence-electron chi connectivity index (χ2n) is 11.7. The maximum atomic E-state index is 17.2. The smallest absolute Gasteiger partial charge is 0.306 e. The van der Waals surface area contributed by atoms with Crippen LogP contribution in [0.15, 0.2) is 23.8 Å². The molecule has 4 rings (SSSR count). The number of allylic oxidation sites excluding steroid dienone is 4. The standard InChI is InChI=1S/C28H39FO6/c1-5-6-7-8-24(33)35-16-23(32)28(34)17(2)13-21-20-10-9-18-14-19(30)11-12-25(18,3)27(20,29)22(31)15-26(21,28)4/h11-12,14,17,20-22,31,34H,5-10,13,15-16H2,1-4H3. The van der Waals surface area contributed by atoms with Crippen molar-refractivity contribution in [3.8, 4) is 0 Å². The van der Waals surface area contributed by atoms with Crippen molar-refractivity contribution >= 4 is 17.5 Å². The Kier molecular flexibility index (Phi) is 6.67. The van der Waals surface area contributed by atoms with Crippen molar-refractivity contribution in [1.29, 1.82) is 0 Å². The van der Waals surface area contributed by atoms with Crippen LogP contribution >= 0.6 is 0 Å². The van der Waals surface area contributed by atoms with Gasteiger partial charge in [0.2, 0.25) is 5.78 Å². The van der Waals surface area contributed by atoms with Gasteiger partial charge in [-0.2, -0.15) is 0 Å². The lowest BCUT2D eigenvalue weighted by molar-refractivity contribution is -0.220. The van der Waals surface area contributed by atoms with E-state index in [1.165, 1.54) is 12.2 Å². The number of hydrogen-bond acceptors (Lipinski definition) is 6. The van der Waals surface area contributed by atoms with Gasteiger partial charge in [0.25, 0.3) is 0 Å². The van der Waals surface area contributed by atoms with Gasteiger partial charge in [-0.1, -0.05) is 45.3 Å². The van der Waals surface area contributed by atoms with Gasteiger partial charge in [0, 0.05) is 23.2 Å². The summed E-state index contributed by atoms with van der Waals surface area (Å²) < 4.78 is 22.4. The molecule has 8 unspecified atom stereocenters. The van der Waals surface area contributed by atoms with E-state index in [1.807, 2.05) is 6.92 Å². The first kappa shape index (κ1) is 26.2. The summed E-state index contributed by atoms with van der Waals surface area (Å²) in [5.74, 6) is -2.63. The summed E-state index contributed by atoms with van der Waals surface area (Å²) in [4.78, 5) is 37.4. The van der Waals surface area contributed by atoms with Crippen molar-refractivity contribution in [2.24, 2.45) is 28.6 Å². The molecule has 4 aliphatic carbocycles. The predicted molar refractivity (Wildman–Crippen MR) is 128 cm³/mol. The molecule has 7 heteroatoms. The molecular weight excluding hydrogens is 451 g/mol. The van der Waals surface area contributed by atoms with Gasteiger partial charge in [-0.3, -0.25) is 14.4 Å². The molecule has 0 amide bonds. The molecule has 0 aromatic heterocycles. The largest absolute Gasteiger partial charge is 0.458 e. The zero-order valence-electron chi connectivity index (χ0n) is 21.3. The van der Waals surface area contributed by atoms with Gasteiger partial charge in [0.15, 0.2) is 18.1 Å². The number of unbranched alkanes of at least 4 members (excludes halogenated alkanes) is 2. The molecule has 0 saturated heterocycles. The number of ether oxygens (including phenoxy) is 1. The number of carbonyl (C=O) groups is 3.